The lowest BCUT2D eigenvalue weighted by molar-refractivity contribution is 1.57. The number of nitriles is 1. The summed E-state index contributed by atoms with van der Waals surface area (Å²) in [5, 5.41) is 9.87. The van der Waals surface area contributed by atoms with Gasteiger partial charge in [-0.25, -0.2) is 0 Å². The molecule has 1 aromatic rings. The summed E-state index contributed by atoms with van der Waals surface area (Å²) in [5.74, 6) is 0. The smallest absolute Gasteiger partial charge is 0.130 e. The summed E-state index contributed by atoms with van der Waals surface area (Å²) in [7, 11) is 2.63. The first-order valence-electron chi connectivity index (χ1n) is 2.65. The first kappa shape index (κ1) is 9.49. The van der Waals surface area contributed by atoms with Crippen LogP contribution in [0.2, 0.25) is 0 Å². The van der Waals surface area contributed by atoms with Crippen molar-refractivity contribution in [2.24, 2.45) is 0 Å². The predicted octanol–water partition coefficient (Wildman–Crippen LogP) is 1.58. The van der Waals surface area contributed by atoms with E-state index in [2.05, 4.69) is 21.9 Å². The van der Waals surface area contributed by atoms with Crippen LogP contribution in [0.15, 0.2) is 30.3 Å². The van der Waals surface area contributed by atoms with Gasteiger partial charge in [0, 0.05) is 0 Å². The Morgan fingerprint density at radius 3 is 1.90 bits per heavy atom. The van der Waals surface area contributed by atoms with Gasteiger partial charge in [0.2, 0.25) is 0 Å². The molecule has 0 radical (unpaired) electrons. The van der Waals surface area contributed by atoms with Crippen LogP contribution in [0, 0.1) is 10.7 Å². The largest absolute Gasteiger partial charge is 0.185 e. The zero-order valence-corrected chi connectivity index (χ0v) is 7.41. The highest BCUT2D eigenvalue weighted by Crippen LogP contribution is 1.86. The molecule has 0 aliphatic rings. The fourth-order valence-electron chi connectivity index (χ4n) is 0.453. The molecule has 0 bridgehead atoms. The number of nitrogens with zero attached hydrogens (tertiary/aromatic N) is 1. The van der Waals surface area contributed by atoms with Gasteiger partial charge in [-0.2, -0.15) is 5.26 Å². The van der Waals surface area contributed by atoms with E-state index in [1.54, 1.807) is 0 Å². The average molecular weight is 169 g/mol. The summed E-state index contributed by atoms with van der Waals surface area (Å²) in [6.07, 6.45) is 0. The van der Waals surface area contributed by atoms with Gasteiger partial charge in [-0.3, -0.25) is 0 Å². The monoisotopic (exact) mass is 169 g/mol. The molecule has 1 unspecified atom stereocenters. The van der Waals surface area contributed by atoms with Crippen LogP contribution >= 0.6 is 21.9 Å². The van der Waals surface area contributed by atoms with Crippen molar-refractivity contribution in [2.45, 2.75) is 0 Å². The van der Waals surface area contributed by atoms with Crippen molar-refractivity contribution in [3.63, 3.8) is 0 Å². The molecule has 1 aromatic carbocycles. The van der Waals surface area contributed by atoms with E-state index in [1.807, 2.05) is 30.3 Å². The number of rotatable bonds is 0. The van der Waals surface area contributed by atoms with Crippen LogP contribution in [-0.2, 0) is 0 Å². The number of benzene rings is 1. The molecule has 0 aromatic heterocycles. The van der Waals surface area contributed by atoms with Crippen LogP contribution in [0.1, 0.15) is 0 Å². The van der Waals surface area contributed by atoms with Gasteiger partial charge in [0.25, 0.3) is 0 Å². The standard InChI is InChI=1S/C6H7P.CHNS/c7-6-4-2-1-3-5-6;2-1-3/h1-5H,7H2;3H. The molecule has 52 valence electrons. The molecule has 1 rings (SSSR count). The zero-order valence-electron chi connectivity index (χ0n) is 5.36. The van der Waals surface area contributed by atoms with Gasteiger partial charge >= 0.3 is 0 Å². The van der Waals surface area contributed by atoms with Gasteiger partial charge in [0.05, 0.1) is 0 Å². The van der Waals surface area contributed by atoms with E-state index in [0.717, 1.165) is 0 Å². The lowest BCUT2D eigenvalue weighted by atomic mass is 10.4. The van der Waals surface area contributed by atoms with Crippen molar-refractivity contribution in [3.05, 3.63) is 30.3 Å². The van der Waals surface area contributed by atoms with Crippen molar-refractivity contribution in [3.8, 4) is 5.40 Å². The molecule has 1 atom stereocenters. The minimum atomic E-state index is 1.24. The molecular formula is C7H8NPS. The fourth-order valence-corrected chi connectivity index (χ4v) is 0.675. The first-order chi connectivity index (χ1) is 4.81. The summed E-state index contributed by atoms with van der Waals surface area (Å²) < 4.78 is 0. The minimum Gasteiger partial charge on any atom is -0.185 e. The van der Waals surface area contributed by atoms with E-state index in [1.165, 1.54) is 10.7 Å². The lowest BCUT2D eigenvalue weighted by Gasteiger charge is -1.82. The Balaban J connectivity index is 0.000000236. The van der Waals surface area contributed by atoms with Crippen molar-refractivity contribution < 1.29 is 0 Å². The number of hydrogen-bond acceptors (Lipinski definition) is 2. The summed E-state index contributed by atoms with van der Waals surface area (Å²) in [6, 6.07) is 10.1. The van der Waals surface area contributed by atoms with Crippen LogP contribution in [0.5, 0.6) is 0 Å². The minimum absolute atomic E-state index is 1.24. The summed E-state index contributed by atoms with van der Waals surface area (Å²) >= 11 is 3.09. The second kappa shape index (κ2) is 6.61. The zero-order chi connectivity index (χ0) is 7.82. The maximum Gasteiger partial charge on any atom is 0.130 e. The normalized spacial score (nSPS) is 6.90. The molecule has 0 aliphatic carbocycles. The summed E-state index contributed by atoms with van der Waals surface area (Å²) in [5.41, 5.74) is 0. The number of hydrogen-bond donors (Lipinski definition) is 1. The second-order valence-electron chi connectivity index (χ2n) is 1.51. The predicted molar refractivity (Wildman–Crippen MR) is 50.4 cm³/mol. The van der Waals surface area contributed by atoms with Crippen LogP contribution in [-0.4, -0.2) is 0 Å². The molecule has 1 nitrogen and oxygen atoms in total. The Labute approximate surface area is 68.7 Å². The fraction of sp³-hybridized carbons (Fsp3) is 0. The molecular weight excluding hydrogens is 161 g/mol. The van der Waals surface area contributed by atoms with E-state index >= 15 is 0 Å². The van der Waals surface area contributed by atoms with Gasteiger partial charge in [-0.15, -0.1) is 9.24 Å². The summed E-state index contributed by atoms with van der Waals surface area (Å²) in [4.78, 5) is 0. The second-order valence-corrected chi connectivity index (χ2v) is 2.38. The first-order valence-corrected chi connectivity index (χ1v) is 3.67. The highest BCUT2D eigenvalue weighted by molar-refractivity contribution is 7.85. The molecule has 0 amide bonds. The third-order valence-corrected chi connectivity index (χ3v) is 1.18. The molecule has 10 heavy (non-hydrogen) atoms. The number of thiocyanates is 1. The Morgan fingerprint density at radius 1 is 1.30 bits per heavy atom. The van der Waals surface area contributed by atoms with E-state index in [4.69, 9.17) is 5.26 Å². The Morgan fingerprint density at radius 2 is 1.70 bits per heavy atom. The molecule has 0 heterocycles. The maximum atomic E-state index is 7.18. The molecule has 3 heteroatoms. The van der Waals surface area contributed by atoms with Gasteiger partial charge < -0.3 is 0 Å². The lowest BCUT2D eigenvalue weighted by Crippen LogP contribution is -1.82. The SMILES string of the molecule is N#CS.Pc1ccccc1. The van der Waals surface area contributed by atoms with Gasteiger partial charge in [0.15, 0.2) is 0 Å². The summed E-state index contributed by atoms with van der Waals surface area (Å²) in [6.45, 7) is 0. The van der Waals surface area contributed by atoms with Gasteiger partial charge in [0.1, 0.15) is 5.40 Å². The van der Waals surface area contributed by atoms with Crippen molar-refractivity contribution in [1.82, 2.24) is 0 Å². The quantitative estimate of drug-likeness (QED) is 0.356. The molecule has 0 saturated heterocycles. The Bertz CT molecular complexity index is 205. The van der Waals surface area contributed by atoms with Crippen molar-refractivity contribution in [2.75, 3.05) is 0 Å². The molecule has 0 spiro atoms. The van der Waals surface area contributed by atoms with E-state index in [0.29, 0.717) is 0 Å². The van der Waals surface area contributed by atoms with Crippen molar-refractivity contribution >= 4 is 27.2 Å². The van der Waals surface area contributed by atoms with Crippen molar-refractivity contribution in [1.29, 1.82) is 5.26 Å². The molecule has 0 N–H and O–H groups in total. The third kappa shape index (κ3) is 5.62. The van der Waals surface area contributed by atoms with E-state index in [-0.39, 0.29) is 0 Å². The molecule has 0 fully saturated rings. The average Bonchev–Trinajstić information content (AvgIpc) is 1.91. The topological polar surface area (TPSA) is 23.8 Å². The maximum absolute atomic E-state index is 7.18. The molecule has 0 aliphatic heterocycles. The van der Waals surface area contributed by atoms with Crippen LogP contribution in [0.4, 0.5) is 0 Å². The Kier molecular flexibility index (Phi) is 6.27. The third-order valence-electron chi connectivity index (χ3n) is 0.800. The van der Waals surface area contributed by atoms with E-state index in [9.17, 15) is 0 Å². The van der Waals surface area contributed by atoms with Crippen LogP contribution in [0.25, 0.3) is 0 Å². The van der Waals surface area contributed by atoms with E-state index < -0.39 is 0 Å². The van der Waals surface area contributed by atoms with Gasteiger partial charge in [-0.05, 0) is 5.30 Å². The van der Waals surface area contributed by atoms with Gasteiger partial charge in [-0.1, -0.05) is 43.0 Å². The van der Waals surface area contributed by atoms with Crippen LogP contribution < -0.4 is 5.30 Å². The highest BCUT2D eigenvalue weighted by Gasteiger charge is 1.72. The Hall–Kier alpha value is -0.510. The molecule has 0 saturated carbocycles. The van der Waals surface area contributed by atoms with Crippen LogP contribution in [0.3, 0.4) is 0 Å². The highest BCUT2D eigenvalue weighted by atomic mass is 32.1. The number of thiol groups is 1.